The first-order chi connectivity index (χ1) is 11.6. The van der Waals surface area contributed by atoms with Crippen LogP contribution in [0.2, 0.25) is 0 Å². The minimum atomic E-state index is 0.113. The Hall–Kier alpha value is -2.35. The Balaban J connectivity index is 2.62. The van der Waals surface area contributed by atoms with Crippen LogP contribution in [0.4, 0.5) is 0 Å². The summed E-state index contributed by atoms with van der Waals surface area (Å²) in [5, 5.41) is 2.89. The molecule has 24 heavy (non-hydrogen) atoms. The summed E-state index contributed by atoms with van der Waals surface area (Å²) in [5.41, 5.74) is 4.12. The summed E-state index contributed by atoms with van der Waals surface area (Å²) in [7, 11) is 0. The molecule has 1 aliphatic carbocycles. The topological polar surface area (TPSA) is 29.1 Å². The maximum Gasteiger partial charge on any atom is 0.220 e. The van der Waals surface area contributed by atoms with Gasteiger partial charge in [0.05, 0.1) is 0 Å². The van der Waals surface area contributed by atoms with Crippen molar-refractivity contribution in [2.45, 2.75) is 39.0 Å². The first-order valence-corrected chi connectivity index (χ1v) is 8.61. The molecule has 0 radical (unpaired) electrons. The Morgan fingerprint density at radius 3 is 2.75 bits per heavy atom. The first-order valence-electron chi connectivity index (χ1n) is 8.61. The van der Waals surface area contributed by atoms with Crippen LogP contribution in [0.5, 0.6) is 0 Å². The smallest absolute Gasteiger partial charge is 0.220 e. The predicted octanol–water partition coefficient (Wildman–Crippen LogP) is 5.35. The molecule has 1 amide bonds. The van der Waals surface area contributed by atoms with Crippen LogP contribution in [0.15, 0.2) is 84.6 Å². The third kappa shape index (κ3) is 6.82. The van der Waals surface area contributed by atoms with Gasteiger partial charge in [0.2, 0.25) is 5.91 Å². The van der Waals surface area contributed by atoms with Crippen molar-refractivity contribution in [2.75, 3.05) is 6.54 Å². The van der Waals surface area contributed by atoms with Gasteiger partial charge in [-0.3, -0.25) is 4.79 Å². The summed E-state index contributed by atoms with van der Waals surface area (Å²) >= 11 is 0. The van der Waals surface area contributed by atoms with E-state index in [-0.39, 0.29) is 5.91 Å². The van der Waals surface area contributed by atoms with E-state index in [1.165, 1.54) is 0 Å². The maximum absolute atomic E-state index is 11.6. The van der Waals surface area contributed by atoms with Crippen molar-refractivity contribution in [3.05, 3.63) is 84.6 Å². The van der Waals surface area contributed by atoms with Gasteiger partial charge in [0.25, 0.3) is 0 Å². The van der Waals surface area contributed by atoms with Gasteiger partial charge >= 0.3 is 0 Å². The lowest BCUT2D eigenvalue weighted by atomic mass is 9.88. The lowest BCUT2D eigenvalue weighted by molar-refractivity contribution is -0.121. The third-order valence-corrected chi connectivity index (χ3v) is 3.74. The Bertz CT molecular complexity index is 599. The molecule has 0 aromatic heterocycles. The number of carbonyl (C=O) groups excluding carboxylic acids is 1. The van der Waals surface area contributed by atoms with Crippen molar-refractivity contribution >= 4 is 5.91 Å². The highest BCUT2D eigenvalue weighted by molar-refractivity contribution is 5.76. The Labute approximate surface area is 146 Å². The zero-order valence-electron chi connectivity index (χ0n) is 14.8. The average Bonchev–Trinajstić information content (AvgIpc) is 2.61. The monoisotopic (exact) mass is 323 g/mol. The summed E-state index contributed by atoms with van der Waals surface area (Å²) in [6.45, 7) is 14.7. The van der Waals surface area contributed by atoms with E-state index in [1.807, 2.05) is 12.2 Å². The molecule has 1 aliphatic rings. The molecule has 1 N–H and O–H groups in total. The zero-order chi connectivity index (χ0) is 17.8. The van der Waals surface area contributed by atoms with E-state index in [2.05, 4.69) is 56.3 Å². The molecule has 0 heterocycles. The van der Waals surface area contributed by atoms with Gasteiger partial charge in [-0.25, -0.2) is 0 Å². The molecule has 1 rings (SSSR count). The van der Waals surface area contributed by atoms with E-state index >= 15 is 0 Å². The summed E-state index contributed by atoms with van der Waals surface area (Å²) in [6.07, 6.45) is 18.4. The van der Waals surface area contributed by atoms with Crippen molar-refractivity contribution in [2.24, 2.45) is 0 Å². The zero-order valence-corrected chi connectivity index (χ0v) is 14.8. The van der Waals surface area contributed by atoms with Crippen molar-refractivity contribution in [1.82, 2.24) is 5.32 Å². The molecular weight excluding hydrogens is 294 g/mol. The van der Waals surface area contributed by atoms with Crippen molar-refractivity contribution in [3.8, 4) is 0 Å². The molecule has 0 bridgehead atoms. The highest BCUT2D eigenvalue weighted by Crippen LogP contribution is 2.29. The van der Waals surface area contributed by atoms with E-state index in [9.17, 15) is 4.79 Å². The van der Waals surface area contributed by atoms with E-state index in [1.54, 1.807) is 6.08 Å². The fourth-order valence-corrected chi connectivity index (χ4v) is 2.38. The molecule has 0 saturated carbocycles. The van der Waals surface area contributed by atoms with Gasteiger partial charge in [-0.1, -0.05) is 69.2 Å². The molecule has 128 valence electrons. The van der Waals surface area contributed by atoms with Crippen molar-refractivity contribution in [3.63, 3.8) is 0 Å². The molecule has 0 aromatic rings. The summed E-state index contributed by atoms with van der Waals surface area (Å²) in [4.78, 5) is 11.6. The Morgan fingerprint density at radius 1 is 1.29 bits per heavy atom. The standard InChI is InChI=1S/C22H29NO/c1-5-7-12-18(3)19(4)21-15-10-8-13-20(21)14-9-11-16-22(24)23-17-6-2/h5,7,9,12-15H,1,3-4,6,8,10-11,16-17H2,2H3,(H,23,24)/b12-7-,14-9-. The van der Waals surface area contributed by atoms with Crippen LogP contribution in [-0.2, 0) is 4.79 Å². The van der Waals surface area contributed by atoms with Crippen LogP contribution in [0, 0.1) is 0 Å². The lowest BCUT2D eigenvalue weighted by Crippen LogP contribution is -2.23. The van der Waals surface area contributed by atoms with E-state index < -0.39 is 0 Å². The molecular formula is C22H29NO. The predicted molar refractivity (Wildman–Crippen MR) is 105 cm³/mol. The highest BCUT2D eigenvalue weighted by Gasteiger charge is 2.11. The van der Waals surface area contributed by atoms with Crippen LogP contribution in [-0.4, -0.2) is 12.5 Å². The number of allylic oxidation sites excluding steroid dienone is 11. The summed E-state index contributed by atoms with van der Waals surface area (Å²) < 4.78 is 0. The molecule has 0 fully saturated rings. The first kappa shape index (κ1) is 19.7. The molecule has 2 heteroatoms. The average molecular weight is 323 g/mol. The molecule has 2 nitrogen and oxygen atoms in total. The molecule has 0 aliphatic heterocycles. The summed E-state index contributed by atoms with van der Waals surface area (Å²) in [5.74, 6) is 0.113. The number of nitrogens with one attached hydrogen (secondary N) is 1. The number of hydrogen-bond acceptors (Lipinski definition) is 1. The fraction of sp³-hybridized carbons (Fsp3) is 0.318. The van der Waals surface area contributed by atoms with Gasteiger partial charge in [-0.15, -0.1) is 0 Å². The van der Waals surface area contributed by atoms with Crippen molar-refractivity contribution in [1.29, 1.82) is 0 Å². The van der Waals surface area contributed by atoms with Crippen LogP contribution in [0.1, 0.15) is 39.0 Å². The normalized spacial score (nSPS) is 14.4. The van der Waals surface area contributed by atoms with Gasteiger partial charge < -0.3 is 5.32 Å². The molecule has 0 atom stereocenters. The summed E-state index contributed by atoms with van der Waals surface area (Å²) in [6, 6.07) is 0. The van der Waals surface area contributed by atoms with Crippen LogP contribution >= 0.6 is 0 Å². The Kier molecular flexibility index (Phi) is 9.21. The largest absolute Gasteiger partial charge is 0.356 e. The highest BCUT2D eigenvalue weighted by atomic mass is 16.1. The second kappa shape index (κ2) is 11.2. The number of rotatable bonds is 10. The minimum Gasteiger partial charge on any atom is -0.356 e. The molecule has 0 aromatic carbocycles. The van der Waals surface area contributed by atoms with E-state index in [4.69, 9.17) is 0 Å². The number of amides is 1. The van der Waals surface area contributed by atoms with Gasteiger partial charge in [-0.05, 0) is 48.0 Å². The van der Waals surface area contributed by atoms with Crippen LogP contribution in [0.3, 0.4) is 0 Å². The maximum atomic E-state index is 11.6. The van der Waals surface area contributed by atoms with Crippen LogP contribution in [0.25, 0.3) is 0 Å². The van der Waals surface area contributed by atoms with E-state index in [0.717, 1.165) is 54.5 Å². The SMILES string of the molecule is C=C/C=C\C(=C)C(=C)C1=CCCC=C1/C=C\CCC(=O)NCCC. The second-order valence-corrected chi connectivity index (χ2v) is 5.74. The Morgan fingerprint density at radius 2 is 2.04 bits per heavy atom. The molecule has 0 spiro atoms. The quantitative estimate of drug-likeness (QED) is 0.539. The number of carbonyl (C=O) groups is 1. The van der Waals surface area contributed by atoms with Gasteiger partial charge in [-0.2, -0.15) is 0 Å². The third-order valence-electron chi connectivity index (χ3n) is 3.74. The van der Waals surface area contributed by atoms with Gasteiger partial charge in [0, 0.05) is 13.0 Å². The minimum absolute atomic E-state index is 0.113. The molecule has 0 saturated heterocycles. The second-order valence-electron chi connectivity index (χ2n) is 5.74. The number of hydrogen-bond donors (Lipinski definition) is 1. The molecule has 0 unspecified atom stereocenters. The van der Waals surface area contributed by atoms with Crippen molar-refractivity contribution < 1.29 is 4.79 Å². The van der Waals surface area contributed by atoms with E-state index in [0.29, 0.717) is 6.42 Å². The van der Waals surface area contributed by atoms with Crippen LogP contribution < -0.4 is 5.32 Å². The van der Waals surface area contributed by atoms with Gasteiger partial charge in [0.15, 0.2) is 0 Å². The van der Waals surface area contributed by atoms with Gasteiger partial charge in [0.1, 0.15) is 0 Å². The fourth-order valence-electron chi connectivity index (χ4n) is 2.38. The lowest BCUT2D eigenvalue weighted by Gasteiger charge is -2.16.